The zero-order valence-electron chi connectivity index (χ0n) is 9.78. The largest absolute Gasteiger partial charge is 0.493 e. The topological polar surface area (TPSA) is 110 Å². The van der Waals surface area contributed by atoms with Gasteiger partial charge in [0.25, 0.3) is 5.69 Å². The molecule has 18 heavy (non-hydrogen) atoms. The molecule has 0 spiro atoms. The number of nitro benzene ring substituents is 1. The van der Waals surface area contributed by atoms with Gasteiger partial charge in [-0.25, -0.2) is 0 Å². The molecule has 0 aromatic heterocycles. The molecule has 0 aliphatic heterocycles. The van der Waals surface area contributed by atoms with E-state index in [1.165, 1.54) is 25.3 Å². The van der Waals surface area contributed by atoms with E-state index in [9.17, 15) is 10.1 Å². The summed E-state index contributed by atoms with van der Waals surface area (Å²) in [5.41, 5.74) is 8.02. The summed E-state index contributed by atoms with van der Waals surface area (Å²) in [6.07, 6.45) is 0.560. The van der Waals surface area contributed by atoms with Crippen LogP contribution in [0.25, 0.3) is 10.4 Å². The van der Waals surface area contributed by atoms with Crippen molar-refractivity contribution in [2.24, 2.45) is 5.11 Å². The molecule has 1 rings (SSSR count). The lowest BCUT2D eigenvalue weighted by atomic mass is 10.3. The minimum Gasteiger partial charge on any atom is -0.493 e. The highest BCUT2D eigenvalue weighted by Gasteiger charge is 2.11. The maximum absolute atomic E-state index is 10.6. The Balaban J connectivity index is 2.65. The second kappa shape index (κ2) is 6.97. The Hall–Kier alpha value is -2.47. The third-order valence-electron chi connectivity index (χ3n) is 2.08. The van der Waals surface area contributed by atoms with E-state index in [0.717, 1.165) is 0 Å². The predicted octanol–water partition coefficient (Wildman–Crippen LogP) is 2.68. The van der Waals surface area contributed by atoms with Crippen molar-refractivity contribution in [3.05, 3.63) is 38.8 Å². The van der Waals surface area contributed by atoms with E-state index in [2.05, 4.69) is 10.0 Å². The first-order valence-electron chi connectivity index (χ1n) is 5.15. The fourth-order valence-electron chi connectivity index (χ4n) is 1.25. The van der Waals surface area contributed by atoms with E-state index in [1.54, 1.807) is 0 Å². The molecule has 0 unspecified atom stereocenters. The first-order chi connectivity index (χ1) is 8.69. The summed E-state index contributed by atoms with van der Waals surface area (Å²) < 4.78 is 10.4. The molecule has 0 fully saturated rings. The molecular weight excluding hydrogens is 240 g/mol. The third-order valence-corrected chi connectivity index (χ3v) is 2.08. The summed E-state index contributed by atoms with van der Waals surface area (Å²) in [5, 5.41) is 13.9. The highest BCUT2D eigenvalue weighted by molar-refractivity contribution is 5.48. The molecule has 0 N–H and O–H groups in total. The molecule has 0 atom stereocenters. The average molecular weight is 252 g/mol. The molecule has 1 aromatic rings. The van der Waals surface area contributed by atoms with Gasteiger partial charge in [0.05, 0.1) is 24.7 Å². The third kappa shape index (κ3) is 3.84. The lowest BCUT2D eigenvalue weighted by Crippen LogP contribution is -2.01. The van der Waals surface area contributed by atoms with Crippen LogP contribution in [0.1, 0.15) is 6.42 Å². The summed E-state index contributed by atoms with van der Waals surface area (Å²) >= 11 is 0. The molecule has 0 aliphatic rings. The Kier molecular flexibility index (Phi) is 5.27. The normalized spacial score (nSPS) is 9.39. The van der Waals surface area contributed by atoms with E-state index in [-0.39, 0.29) is 5.69 Å². The van der Waals surface area contributed by atoms with Gasteiger partial charge < -0.3 is 9.47 Å². The van der Waals surface area contributed by atoms with Crippen LogP contribution in [0.2, 0.25) is 0 Å². The molecule has 0 heterocycles. The number of benzene rings is 1. The van der Waals surface area contributed by atoms with Gasteiger partial charge in [-0.1, -0.05) is 5.11 Å². The van der Waals surface area contributed by atoms with Crippen molar-refractivity contribution in [3.63, 3.8) is 0 Å². The lowest BCUT2D eigenvalue weighted by molar-refractivity contribution is -0.384. The van der Waals surface area contributed by atoms with Gasteiger partial charge in [-0.3, -0.25) is 10.1 Å². The Morgan fingerprint density at radius 3 is 2.89 bits per heavy atom. The van der Waals surface area contributed by atoms with Crippen molar-refractivity contribution in [3.8, 4) is 11.5 Å². The average Bonchev–Trinajstić information content (AvgIpc) is 2.38. The minimum absolute atomic E-state index is 0.0618. The number of nitro groups is 1. The van der Waals surface area contributed by atoms with Gasteiger partial charge in [0, 0.05) is 17.5 Å². The second-order valence-corrected chi connectivity index (χ2v) is 3.25. The van der Waals surface area contributed by atoms with E-state index in [1.807, 2.05) is 0 Å². The number of rotatable bonds is 7. The summed E-state index contributed by atoms with van der Waals surface area (Å²) in [6.45, 7) is 0.680. The molecule has 8 nitrogen and oxygen atoms in total. The molecule has 0 saturated carbocycles. The van der Waals surface area contributed by atoms with E-state index in [0.29, 0.717) is 31.1 Å². The molecule has 96 valence electrons. The first-order valence-corrected chi connectivity index (χ1v) is 5.15. The van der Waals surface area contributed by atoms with Gasteiger partial charge in [-0.05, 0) is 18.0 Å². The number of methoxy groups -OCH3 is 1. The van der Waals surface area contributed by atoms with Crippen LogP contribution in [-0.4, -0.2) is 25.2 Å². The van der Waals surface area contributed by atoms with Crippen LogP contribution in [-0.2, 0) is 0 Å². The van der Waals surface area contributed by atoms with Crippen molar-refractivity contribution in [1.82, 2.24) is 0 Å². The zero-order chi connectivity index (χ0) is 13.4. The van der Waals surface area contributed by atoms with E-state index in [4.69, 9.17) is 15.0 Å². The summed E-state index contributed by atoms with van der Waals surface area (Å²) in [6, 6.07) is 4.11. The van der Waals surface area contributed by atoms with Gasteiger partial charge in [0.15, 0.2) is 11.5 Å². The van der Waals surface area contributed by atoms with Crippen molar-refractivity contribution in [2.45, 2.75) is 6.42 Å². The molecule has 0 saturated heterocycles. The molecule has 0 amide bonds. The van der Waals surface area contributed by atoms with Crippen molar-refractivity contribution in [2.75, 3.05) is 20.3 Å². The summed E-state index contributed by atoms with van der Waals surface area (Å²) in [4.78, 5) is 12.7. The molecule has 0 radical (unpaired) electrons. The number of nitrogens with zero attached hydrogens (tertiary/aromatic N) is 4. The number of hydrogen-bond acceptors (Lipinski definition) is 5. The van der Waals surface area contributed by atoms with E-state index < -0.39 is 4.92 Å². The van der Waals surface area contributed by atoms with Gasteiger partial charge in [-0.2, -0.15) is 0 Å². The quantitative estimate of drug-likeness (QED) is 0.185. The monoisotopic (exact) mass is 252 g/mol. The van der Waals surface area contributed by atoms with Crippen LogP contribution in [0.15, 0.2) is 23.3 Å². The van der Waals surface area contributed by atoms with Gasteiger partial charge in [0.2, 0.25) is 0 Å². The summed E-state index contributed by atoms with van der Waals surface area (Å²) in [5.74, 6) is 0.719. The van der Waals surface area contributed by atoms with Crippen LogP contribution in [0.5, 0.6) is 11.5 Å². The lowest BCUT2D eigenvalue weighted by Gasteiger charge is -2.09. The fourth-order valence-corrected chi connectivity index (χ4v) is 1.25. The number of ether oxygens (including phenoxy) is 2. The van der Waals surface area contributed by atoms with Crippen LogP contribution in [0.3, 0.4) is 0 Å². The van der Waals surface area contributed by atoms with Crippen LogP contribution >= 0.6 is 0 Å². The zero-order valence-corrected chi connectivity index (χ0v) is 9.78. The Morgan fingerprint density at radius 2 is 2.28 bits per heavy atom. The standard InChI is InChI=1S/C10H12N4O4/c1-17-10-7-8(14(15)16)3-4-9(10)18-6-2-5-12-13-11/h3-4,7H,2,5-6H2,1H3. The fraction of sp³-hybridized carbons (Fsp3) is 0.400. The smallest absolute Gasteiger partial charge is 0.273 e. The van der Waals surface area contributed by atoms with Crippen LogP contribution < -0.4 is 9.47 Å². The number of hydrogen-bond donors (Lipinski definition) is 0. The minimum atomic E-state index is -0.506. The maximum Gasteiger partial charge on any atom is 0.273 e. The second-order valence-electron chi connectivity index (χ2n) is 3.25. The van der Waals surface area contributed by atoms with Gasteiger partial charge in [0.1, 0.15) is 0 Å². The molecule has 0 aliphatic carbocycles. The highest BCUT2D eigenvalue weighted by atomic mass is 16.6. The Morgan fingerprint density at radius 1 is 1.50 bits per heavy atom. The molecule has 0 bridgehead atoms. The Labute approximate surface area is 103 Å². The SMILES string of the molecule is COc1cc([N+](=O)[O-])ccc1OCCCN=[N+]=[N-]. The molecule has 8 heteroatoms. The Bertz CT molecular complexity index is 471. The maximum atomic E-state index is 10.6. The van der Waals surface area contributed by atoms with E-state index >= 15 is 0 Å². The highest BCUT2D eigenvalue weighted by Crippen LogP contribution is 2.31. The number of non-ortho nitro benzene ring substituents is 1. The number of azide groups is 1. The molecule has 1 aromatic carbocycles. The summed E-state index contributed by atoms with van der Waals surface area (Å²) in [7, 11) is 1.41. The van der Waals surface area contributed by atoms with Gasteiger partial charge in [-0.15, -0.1) is 0 Å². The van der Waals surface area contributed by atoms with Crippen molar-refractivity contribution in [1.29, 1.82) is 0 Å². The molecular formula is C10H12N4O4. The van der Waals surface area contributed by atoms with Crippen molar-refractivity contribution >= 4 is 5.69 Å². The van der Waals surface area contributed by atoms with Crippen molar-refractivity contribution < 1.29 is 14.4 Å². The van der Waals surface area contributed by atoms with Crippen LogP contribution in [0, 0.1) is 10.1 Å². The van der Waals surface area contributed by atoms with Crippen LogP contribution in [0.4, 0.5) is 5.69 Å². The first kappa shape index (κ1) is 13.6. The predicted molar refractivity (Wildman–Crippen MR) is 63.8 cm³/mol. The van der Waals surface area contributed by atoms with Gasteiger partial charge >= 0.3 is 0 Å².